The van der Waals surface area contributed by atoms with E-state index in [1.807, 2.05) is 6.08 Å². The maximum absolute atomic E-state index is 13.1. The summed E-state index contributed by atoms with van der Waals surface area (Å²) in [5.74, 6) is -0.188. The first-order valence-corrected chi connectivity index (χ1v) is 34.4. The molecule has 1 fully saturated rings. The highest BCUT2D eigenvalue weighted by Gasteiger charge is 2.44. The largest absolute Gasteiger partial charge is 0.394 e. The molecule has 9 heteroatoms. The summed E-state index contributed by atoms with van der Waals surface area (Å²) in [5, 5.41) is 54.7. The second-order valence-corrected chi connectivity index (χ2v) is 24.0. The van der Waals surface area contributed by atoms with Crippen LogP contribution in [0, 0.1) is 0 Å². The van der Waals surface area contributed by atoms with Crippen molar-refractivity contribution in [2.24, 2.45) is 0 Å². The van der Waals surface area contributed by atoms with E-state index in [4.69, 9.17) is 9.47 Å². The van der Waals surface area contributed by atoms with E-state index in [0.717, 1.165) is 44.9 Å². The molecule has 79 heavy (non-hydrogen) atoms. The molecule has 0 aromatic carbocycles. The molecule has 0 bridgehead atoms. The van der Waals surface area contributed by atoms with Crippen LogP contribution in [0.5, 0.6) is 0 Å². The lowest BCUT2D eigenvalue weighted by Gasteiger charge is -2.40. The zero-order chi connectivity index (χ0) is 57.2. The topological polar surface area (TPSA) is 149 Å². The van der Waals surface area contributed by atoms with E-state index in [2.05, 4.69) is 55.6 Å². The lowest BCUT2D eigenvalue weighted by molar-refractivity contribution is -0.302. The number of aliphatic hydroxyl groups is 5. The third-order valence-electron chi connectivity index (χ3n) is 16.4. The van der Waals surface area contributed by atoms with Gasteiger partial charge in [0.1, 0.15) is 24.4 Å². The smallest absolute Gasteiger partial charge is 0.220 e. The third-order valence-corrected chi connectivity index (χ3v) is 16.4. The van der Waals surface area contributed by atoms with Crippen molar-refractivity contribution in [2.45, 2.75) is 378 Å². The molecule has 1 saturated heterocycles. The molecule has 0 aliphatic carbocycles. The van der Waals surface area contributed by atoms with Crippen LogP contribution in [0.1, 0.15) is 335 Å². The van der Waals surface area contributed by atoms with Crippen LogP contribution in [-0.2, 0) is 14.3 Å². The quantitative estimate of drug-likeness (QED) is 0.0261. The molecule has 464 valence electrons. The fourth-order valence-electron chi connectivity index (χ4n) is 11.0. The Morgan fingerprint density at radius 3 is 1.06 bits per heavy atom. The van der Waals surface area contributed by atoms with Crippen molar-refractivity contribution in [1.29, 1.82) is 0 Å². The number of unbranched alkanes of at least 4 members (excludes halogenated alkanes) is 44. The van der Waals surface area contributed by atoms with Crippen molar-refractivity contribution in [3.05, 3.63) is 48.6 Å². The van der Waals surface area contributed by atoms with Gasteiger partial charge in [-0.05, 0) is 70.6 Å². The van der Waals surface area contributed by atoms with Crippen molar-refractivity contribution < 1.29 is 39.8 Å². The second kappa shape index (κ2) is 59.3. The number of allylic oxidation sites excluding steroid dienone is 7. The molecule has 6 N–H and O–H groups in total. The van der Waals surface area contributed by atoms with E-state index in [1.54, 1.807) is 6.08 Å². The highest BCUT2D eigenvalue weighted by molar-refractivity contribution is 5.76. The number of hydrogen-bond acceptors (Lipinski definition) is 8. The highest BCUT2D eigenvalue weighted by Crippen LogP contribution is 2.23. The van der Waals surface area contributed by atoms with E-state index in [-0.39, 0.29) is 12.5 Å². The van der Waals surface area contributed by atoms with Gasteiger partial charge in [-0.3, -0.25) is 4.79 Å². The lowest BCUT2D eigenvalue weighted by Crippen LogP contribution is -2.60. The summed E-state index contributed by atoms with van der Waals surface area (Å²) in [6, 6.07) is -0.831. The Hall–Kier alpha value is -1.85. The fraction of sp³-hybridized carbons (Fsp3) is 0.871. The SMILES string of the molecule is CCCCCCCCCC/C=C\CCCCCCCCCCCCCC(=O)NC(COC1OC(CO)C(O)C(O)C1O)C(O)/C=C/CC/C=C/CC/C=C/CCCCCCCCCCCCCCCCCCCCCCCCC. The number of nitrogens with one attached hydrogen (secondary N) is 1. The van der Waals surface area contributed by atoms with Gasteiger partial charge in [-0.2, -0.15) is 0 Å². The molecule has 0 aromatic heterocycles. The first-order valence-electron chi connectivity index (χ1n) is 34.4. The molecule has 0 aromatic rings. The van der Waals surface area contributed by atoms with Gasteiger partial charge >= 0.3 is 0 Å². The molecule has 1 aliphatic heterocycles. The number of hydrogen-bond donors (Lipinski definition) is 6. The van der Waals surface area contributed by atoms with E-state index < -0.39 is 49.5 Å². The molecule has 0 radical (unpaired) electrons. The van der Waals surface area contributed by atoms with Crippen LogP contribution in [0.15, 0.2) is 48.6 Å². The van der Waals surface area contributed by atoms with Gasteiger partial charge in [0, 0.05) is 6.42 Å². The number of rotatable bonds is 60. The highest BCUT2D eigenvalue weighted by atomic mass is 16.7. The van der Waals surface area contributed by atoms with Crippen molar-refractivity contribution >= 4 is 5.91 Å². The molecule has 7 unspecified atom stereocenters. The van der Waals surface area contributed by atoms with Gasteiger partial charge in [0.15, 0.2) is 6.29 Å². The number of carbonyl (C=O) groups excluding carboxylic acids is 1. The second-order valence-electron chi connectivity index (χ2n) is 24.0. The molecular formula is C70H131NO8. The van der Waals surface area contributed by atoms with Gasteiger partial charge < -0.3 is 40.3 Å². The summed E-state index contributed by atoms with van der Waals surface area (Å²) < 4.78 is 11.3. The number of ether oxygens (including phenoxy) is 2. The van der Waals surface area contributed by atoms with Crippen LogP contribution < -0.4 is 5.32 Å². The average Bonchev–Trinajstić information content (AvgIpc) is 3.47. The summed E-state index contributed by atoms with van der Waals surface area (Å²) in [6.45, 7) is 3.80. The fourth-order valence-corrected chi connectivity index (χ4v) is 11.0. The Morgan fingerprint density at radius 2 is 0.722 bits per heavy atom. The van der Waals surface area contributed by atoms with Gasteiger partial charge in [0.2, 0.25) is 5.91 Å². The zero-order valence-corrected chi connectivity index (χ0v) is 51.9. The van der Waals surface area contributed by atoms with Crippen molar-refractivity contribution in [3.63, 3.8) is 0 Å². The maximum atomic E-state index is 13.1. The van der Waals surface area contributed by atoms with E-state index in [1.165, 1.54) is 270 Å². The molecule has 1 aliphatic rings. The molecule has 1 heterocycles. The normalized spacial score (nSPS) is 18.8. The Morgan fingerprint density at radius 1 is 0.418 bits per heavy atom. The molecule has 1 rings (SSSR count). The predicted molar refractivity (Wildman–Crippen MR) is 336 cm³/mol. The van der Waals surface area contributed by atoms with Gasteiger partial charge in [-0.25, -0.2) is 0 Å². The van der Waals surface area contributed by atoms with Crippen molar-refractivity contribution in [3.8, 4) is 0 Å². The van der Waals surface area contributed by atoms with Crippen LogP contribution in [0.25, 0.3) is 0 Å². The Labute approximate surface area is 488 Å². The first-order chi connectivity index (χ1) is 38.8. The molecule has 0 saturated carbocycles. The van der Waals surface area contributed by atoms with Crippen molar-refractivity contribution in [2.75, 3.05) is 13.2 Å². The van der Waals surface area contributed by atoms with Gasteiger partial charge in [0.05, 0.1) is 25.4 Å². The minimum atomic E-state index is -1.58. The van der Waals surface area contributed by atoms with E-state index in [0.29, 0.717) is 6.42 Å². The van der Waals surface area contributed by atoms with Gasteiger partial charge in [0.25, 0.3) is 0 Å². The lowest BCUT2D eigenvalue weighted by atomic mass is 9.99. The monoisotopic (exact) mass is 1110 g/mol. The summed E-state index contributed by atoms with van der Waals surface area (Å²) in [7, 11) is 0. The number of carbonyl (C=O) groups is 1. The van der Waals surface area contributed by atoms with Crippen LogP contribution in [0.3, 0.4) is 0 Å². The predicted octanol–water partition coefficient (Wildman–Crippen LogP) is 18.4. The van der Waals surface area contributed by atoms with Crippen LogP contribution in [0.4, 0.5) is 0 Å². The van der Waals surface area contributed by atoms with Crippen LogP contribution in [-0.4, -0.2) is 87.5 Å². The summed E-state index contributed by atoms with van der Waals surface area (Å²) in [5.41, 5.74) is 0. The summed E-state index contributed by atoms with van der Waals surface area (Å²) >= 11 is 0. The Kier molecular flexibility index (Phi) is 56.4. The zero-order valence-electron chi connectivity index (χ0n) is 51.9. The molecule has 1 amide bonds. The number of aliphatic hydroxyl groups excluding tert-OH is 5. The van der Waals surface area contributed by atoms with Gasteiger partial charge in [-0.15, -0.1) is 0 Å². The van der Waals surface area contributed by atoms with Crippen LogP contribution >= 0.6 is 0 Å². The van der Waals surface area contributed by atoms with Crippen molar-refractivity contribution in [1.82, 2.24) is 5.32 Å². The average molecular weight is 1110 g/mol. The minimum Gasteiger partial charge on any atom is -0.394 e. The van der Waals surface area contributed by atoms with Gasteiger partial charge in [-0.1, -0.05) is 306 Å². The molecular weight excluding hydrogens is 983 g/mol. The van der Waals surface area contributed by atoms with E-state index >= 15 is 0 Å². The molecule has 7 atom stereocenters. The first kappa shape index (κ1) is 75.2. The minimum absolute atomic E-state index is 0.188. The number of amides is 1. The molecule has 0 spiro atoms. The Bertz CT molecular complexity index is 1380. The van der Waals surface area contributed by atoms with E-state index in [9.17, 15) is 30.3 Å². The maximum Gasteiger partial charge on any atom is 0.220 e. The third kappa shape index (κ3) is 48.3. The Balaban J connectivity index is 2.17. The standard InChI is InChI=1S/C70H131NO8/c1-3-5-7-9-11-13-15-17-19-21-23-25-27-28-29-30-31-32-33-34-35-36-38-39-41-43-45-47-49-51-53-55-57-59-64(73)63(62-78-70-69(77)68(76)67(75)65(61-72)79-70)71-66(74)60-58-56-54-52-50-48-46-44-42-40-37-26-24-22-20-18-16-14-12-10-8-6-4-2/h22,24,41,43,49,51,57,59,63-65,67-70,72-73,75-77H,3-21,23,25-40,42,44-48,50,52-56,58,60-62H2,1-2H3,(H,71,74)/b24-22-,43-41+,51-49+,59-57+. The molecule has 9 nitrogen and oxygen atoms in total. The van der Waals surface area contributed by atoms with Crippen LogP contribution in [0.2, 0.25) is 0 Å². The summed E-state index contributed by atoms with van der Waals surface area (Å²) in [6.07, 6.45) is 73.7. The summed E-state index contributed by atoms with van der Waals surface area (Å²) in [4.78, 5) is 13.1.